The molecule has 6 nitrogen and oxygen atoms in total. The van der Waals surface area contributed by atoms with Gasteiger partial charge in [-0.15, -0.1) is 0 Å². The van der Waals surface area contributed by atoms with Crippen molar-refractivity contribution in [2.75, 3.05) is 38.2 Å². The Labute approximate surface area is 157 Å². The second-order valence-corrected chi connectivity index (χ2v) is 7.06. The Balaban J connectivity index is 2.02. The summed E-state index contributed by atoms with van der Waals surface area (Å²) >= 11 is 0. The van der Waals surface area contributed by atoms with E-state index in [1.807, 2.05) is 32.0 Å². The highest BCUT2D eigenvalue weighted by Gasteiger charge is 2.24. The summed E-state index contributed by atoms with van der Waals surface area (Å²) in [5.74, 6) is 2.61. The maximum atomic E-state index is 6.14. The van der Waals surface area contributed by atoms with E-state index in [-0.39, 0.29) is 0 Å². The zero-order chi connectivity index (χ0) is 18.9. The summed E-state index contributed by atoms with van der Waals surface area (Å²) in [5, 5.41) is 3.18. The van der Waals surface area contributed by atoms with Crippen LogP contribution in [0.5, 0.6) is 11.5 Å². The van der Waals surface area contributed by atoms with Gasteiger partial charge < -0.3 is 20.5 Å². The minimum absolute atomic E-state index is 0.413. The smallest absolute Gasteiger partial charge is 0.193 e. The number of ether oxygens (including phenoxy) is 2. The molecule has 1 fully saturated rings. The first-order valence-electron chi connectivity index (χ1n) is 9.74. The first-order chi connectivity index (χ1) is 12.5. The number of nitrogens with zero attached hydrogens (tertiary/aromatic N) is 2. The Morgan fingerprint density at radius 3 is 2.77 bits per heavy atom. The number of anilines is 1. The van der Waals surface area contributed by atoms with Gasteiger partial charge in [0.25, 0.3) is 0 Å². The van der Waals surface area contributed by atoms with Crippen LogP contribution in [0.3, 0.4) is 0 Å². The zero-order valence-electron chi connectivity index (χ0n) is 16.6. The number of nitrogens with one attached hydrogen (secondary N) is 1. The molecule has 6 heteroatoms. The van der Waals surface area contributed by atoms with Gasteiger partial charge in [0.05, 0.1) is 25.4 Å². The lowest BCUT2D eigenvalue weighted by atomic mass is 10.2. The van der Waals surface area contributed by atoms with E-state index >= 15 is 0 Å². The highest BCUT2D eigenvalue weighted by Crippen LogP contribution is 2.29. The Morgan fingerprint density at radius 2 is 2.08 bits per heavy atom. The van der Waals surface area contributed by atoms with Crippen molar-refractivity contribution in [3.05, 3.63) is 18.2 Å². The summed E-state index contributed by atoms with van der Waals surface area (Å²) in [6.45, 7) is 12.7. The molecule has 0 bridgehead atoms. The van der Waals surface area contributed by atoms with Crippen LogP contribution in [-0.4, -0.2) is 49.7 Å². The van der Waals surface area contributed by atoms with Gasteiger partial charge in [0.2, 0.25) is 0 Å². The van der Waals surface area contributed by atoms with E-state index in [9.17, 15) is 0 Å². The predicted octanol–water partition coefficient (Wildman–Crippen LogP) is 3.33. The molecule has 2 rings (SSSR count). The number of rotatable bonds is 9. The second-order valence-electron chi connectivity index (χ2n) is 7.06. The summed E-state index contributed by atoms with van der Waals surface area (Å²) in [5.41, 5.74) is 6.93. The van der Waals surface area contributed by atoms with Gasteiger partial charge in [-0.25, -0.2) is 0 Å². The molecule has 0 spiro atoms. The molecule has 0 amide bonds. The lowest BCUT2D eigenvalue weighted by molar-refractivity contribution is 0.231. The van der Waals surface area contributed by atoms with Crippen molar-refractivity contribution in [1.82, 2.24) is 4.90 Å². The number of aliphatic imine (C=N–C) groups is 1. The van der Waals surface area contributed by atoms with Crippen LogP contribution < -0.4 is 20.5 Å². The Morgan fingerprint density at radius 1 is 1.31 bits per heavy atom. The summed E-state index contributed by atoms with van der Waals surface area (Å²) in [6, 6.07) is 6.18. The minimum Gasteiger partial charge on any atom is -0.494 e. The Kier molecular flexibility index (Phi) is 8.04. The SMILES string of the molecule is CCOc1ccc(OCC)c(NC(N)=NC[C@@H]2CCCN2CC(C)C)c1. The summed E-state index contributed by atoms with van der Waals surface area (Å²) in [4.78, 5) is 7.11. The number of hydrogen-bond acceptors (Lipinski definition) is 4. The highest BCUT2D eigenvalue weighted by molar-refractivity contribution is 5.94. The van der Waals surface area contributed by atoms with Gasteiger partial charge in [-0.1, -0.05) is 13.8 Å². The standard InChI is InChI=1S/C20H34N4O2/c1-5-25-17-9-10-19(26-6-2)18(12-17)23-20(21)22-13-16-8-7-11-24(16)14-15(3)4/h9-10,12,15-16H,5-8,11,13-14H2,1-4H3,(H3,21,22,23)/t16-/m0/s1. The maximum Gasteiger partial charge on any atom is 0.193 e. The fourth-order valence-electron chi connectivity index (χ4n) is 3.34. The third-order valence-corrected chi connectivity index (χ3v) is 4.40. The van der Waals surface area contributed by atoms with Crippen molar-refractivity contribution < 1.29 is 9.47 Å². The highest BCUT2D eigenvalue weighted by atomic mass is 16.5. The van der Waals surface area contributed by atoms with Crippen molar-refractivity contribution in [2.45, 2.75) is 46.6 Å². The predicted molar refractivity (Wildman–Crippen MR) is 108 cm³/mol. The number of nitrogens with two attached hydrogens (primary N) is 1. The van der Waals surface area contributed by atoms with Gasteiger partial charge in [0.15, 0.2) is 5.96 Å². The van der Waals surface area contributed by atoms with E-state index in [2.05, 4.69) is 29.1 Å². The first-order valence-corrected chi connectivity index (χ1v) is 9.74. The number of guanidine groups is 1. The van der Waals surface area contributed by atoms with Crippen LogP contribution in [0.4, 0.5) is 5.69 Å². The monoisotopic (exact) mass is 362 g/mol. The van der Waals surface area contributed by atoms with Gasteiger partial charge in [0.1, 0.15) is 11.5 Å². The van der Waals surface area contributed by atoms with E-state index < -0.39 is 0 Å². The van der Waals surface area contributed by atoms with E-state index in [1.165, 1.54) is 12.8 Å². The van der Waals surface area contributed by atoms with Gasteiger partial charge in [-0.2, -0.15) is 0 Å². The fourth-order valence-corrected chi connectivity index (χ4v) is 3.34. The molecular weight excluding hydrogens is 328 g/mol. The van der Waals surface area contributed by atoms with E-state index in [0.29, 0.717) is 31.1 Å². The van der Waals surface area contributed by atoms with Crippen molar-refractivity contribution in [2.24, 2.45) is 16.6 Å². The molecule has 1 aromatic carbocycles. The normalized spacial score (nSPS) is 18.3. The third kappa shape index (κ3) is 6.09. The lowest BCUT2D eigenvalue weighted by Crippen LogP contribution is -2.35. The first kappa shape index (κ1) is 20.4. The molecule has 3 N–H and O–H groups in total. The average molecular weight is 363 g/mol. The summed E-state index contributed by atoms with van der Waals surface area (Å²) in [7, 11) is 0. The molecule has 0 aliphatic carbocycles. The molecule has 1 aromatic rings. The van der Waals surface area contributed by atoms with Gasteiger partial charge in [0, 0.05) is 18.7 Å². The maximum absolute atomic E-state index is 6.14. The molecule has 1 heterocycles. The molecule has 1 atom stereocenters. The molecule has 1 saturated heterocycles. The molecular formula is C20H34N4O2. The topological polar surface area (TPSA) is 72.1 Å². The zero-order valence-corrected chi connectivity index (χ0v) is 16.6. The number of hydrogen-bond donors (Lipinski definition) is 2. The summed E-state index contributed by atoms with van der Waals surface area (Å²) < 4.78 is 11.2. The van der Waals surface area contributed by atoms with Crippen LogP contribution >= 0.6 is 0 Å². The van der Waals surface area contributed by atoms with Crippen molar-refractivity contribution in [1.29, 1.82) is 0 Å². The number of likely N-dealkylation sites (tertiary alicyclic amines) is 1. The van der Waals surface area contributed by atoms with Crippen LogP contribution in [-0.2, 0) is 0 Å². The van der Waals surface area contributed by atoms with E-state index in [4.69, 9.17) is 15.2 Å². The summed E-state index contributed by atoms with van der Waals surface area (Å²) in [6.07, 6.45) is 2.43. The molecule has 146 valence electrons. The van der Waals surface area contributed by atoms with Crippen LogP contribution in [0.15, 0.2) is 23.2 Å². The molecule has 26 heavy (non-hydrogen) atoms. The molecule has 0 radical (unpaired) electrons. The second kappa shape index (κ2) is 10.3. The average Bonchev–Trinajstić information content (AvgIpc) is 3.02. The fraction of sp³-hybridized carbons (Fsp3) is 0.650. The minimum atomic E-state index is 0.413. The van der Waals surface area contributed by atoms with Crippen LogP contribution in [0.2, 0.25) is 0 Å². The van der Waals surface area contributed by atoms with Gasteiger partial charge >= 0.3 is 0 Å². The van der Waals surface area contributed by atoms with Gasteiger partial charge in [-0.05, 0) is 51.3 Å². The van der Waals surface area contributed by atoms with E-state index in [1.54, 1.807) is 0 Å². The molecule has 0 saturated carbocycles. The quantitative estimate of drug-likeness (QED) is 0.521. The van der Waals surface area contributed by atoms with E-state index in [0.717, 1.165) is 36.8 Å². The molecule has 1 aliphatic rings. The molecule has 1 aliphatic heterocycles. The number of benzene rings is 1. The van der Waals surface area contributed by atoms with Crippen molar-refractivity contribution >= 4 is 11.6 Å². The van der Waals surface area contributed by atoms with Crippen LogP contribution in [0.1, 0.15) is 40.5 Å². The lowest BCUT2D eigenvalue weighted by Gasteiger charge is -2.25. The van der Waals surface area contributed by atoms with Crippen molar-refractivity contribution in [3.63, 3.8) is 0 Å². The third-order valence-electron chi connectivity index (χ3n) is 4.40. The van der Waals surface area contributed by atoms with Crippen molar-refractivity contribution in [3.8, 4) is 11.5 Å². The molecule has 0 aromatic heterocycles. The van der Waals surface area contributed by atoms with Crippen LogP contribution in [0, 0.1) is 5.92 Å². The van der Waals surface area contributed by atoms with Crippen LogP contribution in [0.25, 0.3) is 0 Å². The largest absolute Gasteiger partial charge is 0.494 e. The molecule has 0 unspecified atom stereocenters. The van der Waals surface area contributed by atoms with Gasteiger partial charge in [-0.3, -0.25) is 9.89 Å². The Bertz CT molecular complexity index is 589. The Hall–Kier alpha value is -1.95.